The molecule has 2 rings (SSSR count). The third-order valence-corrected chi connectivity index (χ3v) is 4.79. The Morgan fingerprint density at radius 3 is 2.38 bits per heavy atom. The van der Waals surface area contributed by atoms with E-state index in [4.69, 9.17) is 12.2 Å². The zero-order valence-electron chi connectivity index (χ0n) is 14.9. The van der Waals surface area contributed by atoms with Crippen LogP contribution in [0.2, 0.25) is 0 Å². The van der Waals surface area contributed by atoms with Gasteiger partial charge < -0.3 is 0 Å². The maximum absolute atomic E-state index is 5.58. The number of hydrogen-bond donors (Lipinski definition) is 0. The fraction of sp³-hybridized carbons (Fsp3) is 0.348. The molecule has 0 aromatic heterocycles. The van der Waals surface area contributed by atoms with Gasteiger partial charge >= 0.3 is 0 Å². The SMILES string of the molecule is CCCCCCc1ccccc1C=CC(=S)c1ccc(CC)cc1. The van der Waals surface area contributed by atoms with Crippen molar-refractivity contribution in [1.82, 2.24) is 0 Å². The van der Waals surface area contributed by atoms with E-state index in [0.29, 0.717) is 0 Å². The predicted octanol–water partition coefficient (Wildman–Crippen LogP) is 6.80. The highest BCUT2D eigenvalue weighted by Gasteiger charge is 2.01. The van der Waals surface area contributed by atoms with Gasteiger partial charge in [0.05, 0.1) is 0 Å². The van der Waals surface area contributed by atoms with Crippen LogP contribution in [0, 0.1) is 0 Å². The summed E-state index contributed by atoms with van der Waals surface area (Å²) in [5.74, 6) is 0. The summed E-state index contributed by atoms with van der Waals surface area (Å²) in [5, 5.41) is 0. The molecule has 0 spiro atoms. The normalized spacial score (nSPS) is 11.1. The molecule has 24 heavy (non-hydrogen) atoms. The summed E-state index contributed by atoms with van der Waals surface area (Å²) in [6, 6.07) is 17.3. The number of allylic oxidation sites excluding steroid dienone is 1. The number of aryl methyl sites for hydroxylation is 2. The van der Waals surface area contributed by atoms with Crippen molar-refractivity contribution in [3.05, 3.63) is 76.9 Å². The van der Waals surface area contributed by atoms with Gasteiger partial charge in [0.2, 0.25) is 0 Å². The van der Waals surface area contributed by atoms with E-state index >= 15 is 0 Å². The summed E-state index contributed by atoms with van der Waals surface area (Å²) in [5.41, 5.74) is 5.19. The van der Waals surface area contributed by atoms with E-state index in [-0.39, 0.29) is 0 Å². The number of rotatable bonds is 9. The predicted molar refractivity (Wildman–Crippen MR) is 111 cm³/mol. The highest BCUT2D eigenvalue weighted by molar-refractivity contribution is 7.81. The number of hydrogen-bond acceptors (Lipinski definition) is 1. The van der Waals surface area contributed by atoms with Gasteiger partial charge in [-0.2, -0.15) is 0 Å². The summed E-state index contributed by atoms with van der Waals surface area (Å²) in [7, 11) is 0. The van der Waals surface area contributed by atoms with Crippen LogP contribution in [0.4, 0.5) is 0 Å². The van der Waals surface area contributed by atoms with Gasteiger partial charge in [-0.15, -0.1) is 0 Å². The van der Waals surface area contributed by atoms with Crippen LogP contribution < -0.4 is 0 Å². The second-order valence-electron chi connectivity index (χ2n) is 6.26. The molecule has 0 nitrogen and oxygen atoms in total. The van der Waals surface area contributed by atoms with E-state index in [1.807, 2.05) is 0 Å². The largest absolute Gasteiger partial charge is 0.0795 e. The minimum absolute atomic E-state index is 0.901. The molecule has 2 aromatic rings. The Morgan fingerprint density at radius 2 is 1.67 bits per heavy atom. The van der Waals surface area contributed by atoms with Crippen molar-refractivity contribution in [1.29, 1.82) is 0 Å². The summed E-state index contributed by atoms with van der Waals surface area (Å²) >= 11 is 5.58. The zero-order valence-corrected chi connectivity index (χ0v) is 15.7. The molecule has 0 atom stereocenters. The van der Waals surface area contributed by atoms with E-state index in [2.05, 4.69) is 74.5 Å². The van der Waals surface area contributed by atoms with Crippen LogP contribution in [0.3, 0.4) is 0 Å². The maximum Gasteiger partial charge on any atom is 0.0449 e. The molecule has 0 heterocycles. The first kappa shape index (κ1) is 18.6. The maximum atomic E-state index is 5.58. The molecule has 1 heteroatoms. The number of thiocarbonyl (C=S) groups is 1. The van der Waals surface area contributed by atoms with Crippen molar-refractivity contribution >= 4 is 23.2 Å². The van der Waals surface area contributed by atoms with Crippen molar-refractivity contribution in [2.24, 2.45) is 0 Å². The molecule has 0 aliphatic heterocycles. The van der Waals surface area contributed by atoms with Gasteiger partial charge in [0.15, 0.2) is 0 Å². The Kier molecular flexibility index (Phi) is 7.91. The quantitative estimate of drug-likeness (QED) is 0.210. The van der Waals surface area contributed by atoms with Gasteiger partial charge in [0.25, 0.3) is 0 Å². The van der Waals surface area contributed by atoms with Crippen LogP contribution >= 0.6 is 12.2 Å². The lowest BCUT2D eigenvalue weighted by molar-refractivity contribution is 0.666. The lowest BCUT2D eigenvalue weighted by Gasteiger charge is -2.06. The molecular formula is C23H28S. The van der Waals surface area contributed by atoms with Gasteiger partial charge in [0, 0.05) is 4.86 Å². The summed E-state index contributed by atoms with van der Waals surface area (Å²) in [6.07, 6.45) is 11.7. The van der Waals surface area contributed by atoms with Crippen LogP contribution in [0.25, 0.3) is 6.08 Å². The minimum Gasteiger partial charge on any atom is -0.0795 e. The van der Waals surface area contributed by atoms with Crippen LogP contribution in [0.1, 0.15) is 61.8 Å². The van der Waals surface area contributed by atoms with Crippen LogP contribution in [-0.2, 0) is 12.8 Å². The molecule has 0 N–H and O–H groups in total. The van der Waals surface area contributed by atoms with E-state index in [9.17, 15) is 0 Å². The van der Waals surface area contributed by atoms with E-state index in [1.54, 1.807) is 0 Å². The summed E-state index contributed by atoms with van der Waals surface area (Å²) in [4.78, 5) is 0.901. The lowest BCUT2D eigenvalue weighted by Crippen LogP contribution is -1.94. The molecule has 0 bridgehead atoms. The first-order chi connectivity index (χ1) is 11.7. The monoisotopic (exact) mass is 336 g/mol. The summed E-state index contributed by atoms with van der Waals surface area (Å²) < 4.78 is 0. The smallest absolute Gasteiger partial charge is 0.0449 e. The molecule has 126 valence electrons. The molecular weight excluding hydrogens is 308 g/mol. The van der Waals surface area contributed by atoms with Crippen molar-refractivity contribution in [2.45, 2.75) is 52.4 Å². The highest BCUT2D eigenvalue weighted by Crippen LogP contribution is 2.16. The molecule has 0 saturated heterocycles. The average molecular weight is 337 g/mol. The first-order valence-electron chi connectivity index (χ1n) is 9.13. The Labute approximate surface area is 152 Å². The molecule has 0 aliphatic carbocycles. The van der Waals surface area contributed by atoms with Crippen molar-refractivity contribution < 1.29 is 0 Å². The van der Waals surface area contributed by atoms with Gasteiger partial charge in [-0.05, 0) is 47.6 Å². The molecule has 0 unspecified atom stereocenters. The fourth-order valence-electron chi connectivity index (χ4n) is 2.83. The molecule has 0 saturated carbocycles. The Morgan fingerprint density at radius 1 is 0.917 bits per heavy atom. The van der Waals surface area contributed by atoms with Gasteiger partial charge in [-0.3, -0.25) is 0 Å². The minimum atomic E-state index is 0.901. The van der Waals surface area contributed by atoms with Crippen molar-refractivity contribution in [2.75, 3.05) is 0 Å². The lowest BCUT2D eigenvalue weighted by atomic mass is 10.00. The van der Waals surface area contributed by atoms with Crippen LogP contribution in [-0.4, -0.2) is 4.86 Å². The second-order valence-corrected chi connectivity index (χ2v) is 6.70. The third-order valence-electron chi connectivity index (χ3n) is 4.42. The van der Waals surface area contributed by atoms with Crippen molar-refractivity contribution in [3.63, 3.8) is 0 Å². The average Bonchev–Trinajstić information content (AvgIpc) is 2.64. The summed E-state index contributed by atoms with van der Waals surface area (Å²) in [6.45, 7) is 4.43. The second kappa shape index (κ2) is 10.2. The molecule has 0 amide bonds. The zero-order chi connectivity index (χ0) is 17.2. The van der Waals surface area contributed by atoms with Gasteiger partial charge in [0.1, 0.15) is 0 Å². The van der Waals surface area contributed by atoms with Crippen LogP contribution in [0.15, 0.2) is 54.6 Å². The Bertz CT molecular complexity index is 665. The van der Waals surface area contributed by atoms with Gasteiger partial charge in [-0.1, -0.05) is 99.9 Å². The topological polar surface area (TPSA) is 0 Å². The Balaban J connectivity index is 2.03. The Hall–Kier alpha value is -1.73. The van der Waals surface area contributed by atoms with E-state index in [1.165, 1.54) is 42.4 Å². The van der Waals surface area contributed by atoms with E-state index in [0.717, 1.165) is 23.3 Å². The fourth-order valence-corrected chi connectivity index (χ4v) is 3.04. The van der Waals surface area contributed by atoms with Gasteiger partial charge in [-0.25, -0.2) is 0 Å². The molecule has 0 radical (unpaired) electrons. The van der Waals surface area contributed by atoms with Crippen LogP contribution in [0.5, 0.6) is 0 Å². The molecule has 0 fully saturated rings. The first-order valence-corrected chi connectivity index (χ1v) is 9.54. The number of benzene rings is 2. The standard InChI is InChI=1S/C23H28S/c1-3-5-6-7-10-20-11-8-9-12-21(20)17-18-23(24)22-15-13-19(4-2)14-16-22/h8-9,11-18H,3-7,10H2,1-2H3. The number of unbranched alkanes of at least 4 members (excludes halogenated alkanes) is 3. The molecule has 0 aliphatic rings. The molecule has 2 aromatic carbocycles. The highest BCUT2D eigenvalue weighted by atomic mass is 32.1. The third kappa shape index (κ3) is 5.72. The van der Waals surface area contributed by atoms with Crippen molar-refractivity contribution in [3.8, 4) is 0 Å². The van der Waals surface area contributed by atoms with E-state index < -0.39 is 0 Å².